The van der Waals surface area contributed by atoms with Crippen molar-refractivity contribution < 1.29 is 0 Å². The van der Waals surface area contributed by atoms with Crippen LogP contribution in [0.1, 0.15) is 26.7 Å². The molecule has 2 aromatic rings. The van der Waals surface area contributed by atoms with Crippen molar-refractivity contribution in [2.24, 2.45) is 21.2 Å². The van der Waals surface area contributed by atoms with Gasteiger partial charge in [-0.15, -0.1) is 0 Å². The standard InChI is InChI=1S/C30H31Br2N7S/c1-21(2)36-13-11-30(12-14-36)28(15-33)17-37(24-7-3-22(31)4-8-24)18-29(30,16-34)27(40)39-20-38(19-35-26(28)39)25-9-5-23(32)6-10-25/h3-10,21H,11-14,17-20H2,1-2H3. The average Bonchev–Trinajstić information content (AvgIpc) is 2.97. The lowest BCUT2D eigenvalue weighted by atomic mass is 9.43. The Morgan fingerprint density at radius 3 is 1.90 bits per heavy atom. The van der Waals surface area contributed by atoms with E-state index < -0.39 is 16.2 Å². The van der Waals surface area contributed by atoms with Gasteiger partial charge in [0.1, 0.15) is 28.3 Å². The molecule has 6 rings (SSSR count). The first kappa shape index (κ1) is 27.7. The van der Waals surface area contributed by atoms with Gasteiger partial charge in [0.15, 0.2) is 0 Å². The van der Waals surface area contributed by atoms with Crippen LogP contribution in [-0.4, -0.2) is 66.2 Å². The number of hydrogen-bond donors (Lipinski definition) is 0. The quantitative estimate of drug-likeness (QED) is 0.367. The van der Waals surface area contributed by atoms with E-state index >= 15 is 0 Å². The van der Waals surface area contributed by atoms with Gasteiger partial charge in [-0.05, 0) is 88.3 Å². The van der Waals surface area contributed by atoms with Gasteiger partial charge in [0.2, 0.25) is 0 Å². The predicted octanol–water partition coefficient (Wildman–Crippen LogP) is 6.02. The zero-order valence-electron chi connectivity index (χ0n) is 22.6. The summed E-state index contributed by atoms with van der Waals surface area (Å²) in [5.74, 6) is 0.735. The van der Waals surface area contributed by atoms with Crippen molar-refractivity contribution in [3.63, 3.8) is 0 Å². The molecule has 2 aromatic carbocycles. The lowest BCUT2D eigenvalue weighted by molar-refractivity contribution is -0.0500. The second-order valence-electron chi connectivity index (χ2n) is 11.6. The van der Waals surface area contributed by atoms with Crippen molar-refractivity contribution in [3.05, 3.63) is 57.5 Å². The number of likely N-dealkylation sites (tertiary alicyclic amines) is 1. The first-order valence-corrected chi connectivity index (χ1v) is 15.6. The van der Waals surface area contributed by atoms with E-state index in [0.717, 1.165) is 52.1 Å². The Morgan fingerprint density at radius 2 is 1.38 bits per heavy atom. The number of rotatable bonds is 3. The van der Waals surface area contributed by atoms with Crippen LogP contribution in [-0.2, 0) is 0 Å². The lowest BCUT2D eigenvalue weighted by Gasteiger charge is -2.68. The Morgan fingerprint density at radius 1 is 0.850 bits per heavy atom. The summed E-state index contributed by atoms with van der Waals surface area (Å²) in [6, 6.07) is 22.3. The van der Waals surface area contributed by atoms with E-state index in [0.29, 0.717) is 37.5 Å². The number of benzene rings is 2. The average molecular weight is 682 g/mol. The van der Waals surface area contributed by atoms with Gasteiger partial charge in [-0.3, -0.25) is 0 Å². The second kappa shape index (κ2) is 10.1. The van der Waals surface area contributed by atoms with Crippen molar-refractivity contribution in [2.45, 2.75) is 32.7 Å². The van der Waals surface area contributed by atoms with Crippen molar-refractivity contribution in [1.29, 1.82) is 10.5 Å². The number of piperidine rings is 3. The fraction of sp³-hybridized carbons (Fsp3) is 0.467. The molecular weight excluding hydrogens is 650 g/mol. The molecule has 2 bridgehead atoms. The van der Waals surface area contributed by atoms with Crippen LogP contribution in [0, 0.1) is 38.9 Å². The topological polar surface area (TPSA) is 72.9 Å². The molecule has 0 N–H and O–H groups in total. The maximum atomic E-state index is 11.3. The summed E-state index contributed by atoms with van der Waals surface area (Å²) in [6.07, 6.45) is 1.48. The van der Waals surface area contributed by atoms with E-state index in [9.17, 15) is 10.5 Å². The van der Waals surface area contributed by atoms with Gasteiger partial charge < -0.3 is 19.6 Å². The Labute approximate surface area is 258 Å². The van der Waals surface area contributed by atoms with Crippen molar-refractivity contribution in [3.8, 4) is 12.1 Å². The molecule has 4 aliphatic rings. The smallest absolute Gasteiger partial charge is 0.140 e. The molecule has 2 atom stereocenters. The normalized spacial score (nSPS) is 27.7. The van der Waals surface area contributed by atoms with Crippen LogP contribution in [0.3, 0.4) is 0 Å². The van der Waals surface area contributed by atoms with Crippen LogP contribution < -0.4 is 9.80 Å². The van der Waals surface area contributed by atoms with Crippen LogP contribution in [0.15, 0.2) is 62.5 Å². The Balaban J connectivity index is 1.51. The van der Waals surface area contributed by atoms with Crippen LogP contribution >= 0.6 is 44.1 Å². The number of hydrogen-bond acceptors (Lipinski definition) is 7. The molecule has 0 amide bonds. The number of thiocarbonyl (C=S) groups is 1. The summed E-state index contributed by atoms with van der Waals surface area (Å²) in [5, 5.41) is 22.5. The van der Waals surface area contributed by atoms with E-state index in [4.69, 9.17) is 17.2 Å². The number of anilines is 2. The van der Waals surface area contributed by atoms with Gasteiger partial charge in [-0.25, -0.2) is 4.99 Å². The summed E-state index contributed by atoms with van der Waals surface area (Å²) in [4.78, 5) is 14.6. The minimum Gasteiger partial charge on any atom is -0.367 e. The number of amidine groups is 1. The maximum Gasteiger partial charge on any atom is 0.140 e. The molecule has 0 aromatic heterocycles. The first-order chi connectivity index (χ1) is 19.2. The van der Waals surface area contributed by atoms with E-state index in [1.165, 1.54) is 0 Å². The van der Waals surface area contributed by atoms with Gasteiger partial charge in [-0.2, -0.15) is 10.5 Å². The van der Waals surface area contributed by atoms with Crippen molar-refractivity contribution in [1.82, 2.24) is 9.80 Å². The minimum atomic E-state index is -1.02. The van der Waals surface area contributed by atoms with Crippen LogP contribution in [0.25, 0.3) is 0 Å². The van der Waals surface area contributed by atoms with Crippen molar-refractivity contribution >= 4 is 66.3 Å². The van der Waals surface area contributed by atoms with Crippen LogP contribution in [0.2, 0.25) is 0 Å². The van der Waals surface area contributed by atoms with Gasteiger partial charge >= 0.3 is 0 Å². The SMILES string of the molecule is CC(C)N1CCC2(CC1)C1(C#N)CN(c3ccc(Br)cc3)CC2(C#N)C2=NCN(c3ccc(Br)cc3)CN2C1=S. The maximum absolute atomic E-state index is 11.3. The Hall–Kier alpha value is -2.50. The number of nitrogens with zero attached hydrogens (tertiary/aromatic N) is 7. The summed E-state index contributed by atoms with van der Waals surface area (Å²) >= 11 is 13.4. The van der Waals surface area contributed by atoms with Crippen molar-refractivity contribution in [2.75, 3.05) is 49.3 Å². The molecule has 0 aliphatic carbocycles. The highest BCUT2D eigenvalue weighted by Gasteiger charge is 2.76. The summed E-state index contributed by atoms with van der Waals surface area (Å²) in [7, 11) is 0. The van der Waals surface area contributed by atoms with Gasteiger partial charge in [-0.1, -0.05) is 44.1 Å². The van der Waals surface area contributed by atoms with E-state index in [1.54, 1.807) is 0 Å². The summed E-state index contributed by atoms with van der Waals surface area (Å²) in [6.45, 7) is 7.94. The fourth-order valence-corrected chi connectivity index (χ4v) is 8.42. The fourth-order valence-electron chi connectivity index (χ4n) is 7.44. The monoisotopic (exact) mass is 679 g/mol. The third-order valence-corrected chi connectivity index (χ3v) is 11.2. The molecule has 10 heteroatoms. The highest BCUT2D eigenvalue weighted by Crippen LogP contribution is 2.66. The number of nitriles is 2. The molecule has 1 spiro atoms. The van der Waals surface area contributed by atoms with E-state index in [1.807, 2.05) is 41.3 Å². The zero-order valence-corrected chi connectivity index (χ0v) is 26.6. The van der Waals surface area contributed by atoms with Gasteiger partial charge in [0.25, 0.3) is 0 Å². The molecule has 0 radical (unpaired) electrons. The third-order valence-electron chi connectivity index (χ3n) is 9.59. The molecule has 0 saturated carbocycles. The zero-order chi connectivity index (χ0) is 28.3. The Kier molecular flexibility index (Phi) is 6.98. The molecule has 4 heterocycles. The highest BCUT2D eigenvalue weighted by molar-refractivity contribution is 9.10. The lowest BCUT2D eigenvalue weighted by Crippen LogP contribution is -2.80. The molecule has 40 heavy (non-hydrogen) atoms. The number of halogens is 2. The van der Waals surface area contributed by atoms with Crippen LogP contribution in [0.4, 0.5) is 11.4 Å². The van der Waals surface area contributed by atoms with Gasteiger partial charge in [0, 0.05) is 44.9 Å². The molecular formula is C30H31Br2N7S. The second-order valence-corrected chi connectivity index (χ2v) is 13.8. The highest BCUT2D eigenvalue weighted by atomic mass is 79.9. The summed E-state index contributed by atoms with van der Waals surface area (Å²) < 4.78 is 2.00. The molecule has 3 fully saturated rings. The number of aliphatic imine (C=N–C) groups is 1. The molecule has 206 valence electrons. The largest absolute Gasteiger partial charge is 0.367 e. The van der Waals surface area contributed by atoms with Crippen LogP contribution in [0.5, 0.6) is 0 Å². The van der Waals surface area contributed by atoms with Gasteiger partial charge in [0.05, 0.1) is 18.8 Å². The Bertz CT molecular complexity index is 1440. The first-order valence-electron chi connectivity index (χ1n) is 13.6. The minimum absolute atomic E-state index is 0.408. The van der Waals surface area contributed by atoms with E-state index in [-0.39, 0.29) is 0 Å². The third kappa shape index (κ3) is 3.87. The van der Waals surface area contributed by atoms with E-state index in [2.05, 4.69) is 84.7 Å². The molecule has 7 nitrogen and oxygen atoms in total. The molecule has 3 saturated heterocycles. The molecule has 2 unspecified atom stereocenters. The number of fused-ring (bicyclic) bond motifs is 2. The summed E-state index contributed by atoms with van der Waals surface area (Å²) in [5.41, 5.74) is -0.606. The predicted molar refractivity (Wildman–Crippen MR) is 169 cm³/mol. The molecule has 4 aliphatic heterocycles.